The summed E-state index contributed by atoms with van der Waals surface area (Å²) >= 11 is 0. The van der Waals surface area contributed by atoms with E-state index in [1.165, 1.54) is 6.07 Å². The van der Waals surface area contributed by atoms with Crippen molar-refractivity contribution < 1.29 is 32.9 Å². The average Bonchev–Trinajstić information content (AvgIpc) is 3.02. The maximum absolute atomic E-state index is 14.3. The number of fused-ring (bicyclic) bond motifs is 2. The van der Waals surface area contributed by atoms with E-state index in [9.17, 15) is 14.0 Å². The van der Waals surface area contributed by atoms with Crippen LogP contribution in [0.25, 0.3) is 0 Å². The summed E-state index contributed by atoms with van der Waals surface area (Å²) in [5.74, 6) is -0.287. The van der Waals surface area contributed by atoms with Gasteiger partial charge in [0.2, 0.25) is 0 Å². The number of halogens is 1. The third kappa shape index (κ3) is 6.72. The number of nitrogens with one attached hydrogen (secondary N) is 1. The minimum Gasteiger partial charge on any atom is -0.447 e. The Morgan fingerprint density at radius 3 is 2.46 bits per heavy atom. The first-order chi connectivity index (χ1) is 18.0. The summed E-state index contributed by atoms with van der Waals surface area (Å²) in [6, 6.07) is 5.14. The first kappa shape index (κ1) is 27.6. The number of ether oxygens (including phenoxy) is 4. The van der Waals surface area contributed by atoms with Crippen LogP contribution < -0.4 is 10.2 Å². The van der Waals surface area contributed by atoms with Crippen LogP contribution in [0.3, 0.4) is 0 Å². The van der Waals surface area contributed by atoms with E-state index in [2.05, 4.69) is 10.2 Å². The number of carbonyl (C=O) groups excluding carboxylic acids is 2. The molecule has 9 nitrogen and oxygen atoms in total. The first-order valence-electron chi connectivity index (χ1n) is 13.4. The van der Waals surface area contributed by atoms with Gasteiger partial charge in [-0.1, -0.05) is 12.8 Å². The van der Waals surface area contributed by atoms with Gasteiger partial charge in [-0.15, -0.1) is 0 Å². The summed E-state index contributed by atoms with van der Waals surface area (Å²) in [5, 5.41) is 3.04. The molecule has 1 N–H and O–H groups in total. The van der Waals surface area contributed by atoms with Gasteiger partial charge in [0, 0.05) is 38.3 Å². The van der Waals surface area contributed by atoms with Gasteiger partial charge in [-0.3, -0.25) is 4.90 Å². The zero-order valence-corrected chi connectivity index (χ0v) is 22.0. The minimum absolute atomic E-state index is 0.0806. The normalized spacial score (nSPS) is 23.4. The summed E-state index contributed by atoms with van der Waals surface area (Å²) in [4.78, 5) is 29.2. The van der Waals surface area contributed by atoms with Crippen LogP contribution in [0.2, 0.25) is 0 Å². The SMILES string of the molecule is COCCOC(=O)NC1CCCCC(N2CCC3(CC2)CN(C(=O)OCCOC)c2ccc(F)cc23)C1. The van der Waals surface area contributed by atoms with E-state index < -0.39 is 6.09 Å². The molecule has 1 aliphatic carbocycles. The molecule has 2 heterocycles. The topological polar surface area (TPSA) is 89.6 Å². The summed E-state index contributed by atoms with van der Waals surface area (Å²) in [7, 11) is 3.14. The zero-order valence-electron chi connectivity index (χ0n) is 22.0. The van der Waals surface area contributed by atoms with Crippen LogP contribution in [0.4, 0.5) is 19.7 Å². The van der Waals surface area contributed by atoms with Crippen molar-refractivity contribution in [1.29, 1.82) is 0 Å². The Bertz CT molecular complexity index is 923. The smallest absolute Gasteiger partial charge is 0.414 e. The van der Waals surface area contributed by atoms with Gasteiger partial charge < -0.3 is 29.2 Å². The van der Waals surface area contributed by atoms with Crippen LogP contribution in [0.15, 0.2) is 18.2 Å². The molecule has 2 fully saturated rings. The second kappa shape index (κ2) is 12.9. The zero-order chi connectivity index (χ0) is 26.3. The van der Waals surface area contributed by atoms with E-state index in [1.807, 2.05) is 0 Å². The fraction of sp³-hybridized carbons (Fsp3) is 0.704. The Hall–Kier alpha value is -2.43. The number of rotatable bonds is 8. The number of nitrogens with zero attached hydrogens (tertiary/aromatic N) is 2. The van der Waals surface area contributed by atoms with Crippen molar-refractivity contribution in [3.63, 3.8) is 0 Å². The number of carbonyl (C=O) groups is 2. The van der Waals surface area contributed by atoms with E-state index in [0.717, 1.165) is 69.3 Å². The van der Waals surface area contributed by atoms with E-state index in [4.69, 9.17) is 18.9 Å². The molecule has 1 aromatic carbocycles. The predicted octanol–water partition coefficient (Wildman–Crippen LogP) is 3.84. The molecule has 2 amide bonds. The maximum Gasteiger partial charge on any atom is 0.414 e. The number of piperidine rings is 1. The Morgan fingerprint density at radius 1 is 1.03 bits per heavy atom. The number of likely N-dealkylation sites (tertiary alicyclic amines) is 1. The highest BCUT2D eigenvalue weighted by atomic mass is 19.1. The van der Waals surface area contributed by atoms with Crippen LogP contribution in [-0.2, 0) is 24.4 Å². The van der Waals surface area contributed by atoms with Gasteiger partial charge in [-0.2, -0.15) is 0 Å². The van der Waals surface area contributed by atoms with Gasteiger partial charge in [-0.25, -0.2) is 14.0 Å². The molecule has 2 aliphatic heterocycles. The molecule has 0 radical (unpaired) electrons. The minimum atomic E-state index is -0.417. The van der Waals surface area contributed by atoms with Crippen LogP contribution in [-0.4, -0.2) is 89.5 Å². The average molecular weight is 522 g/mol. The van der Waals surface area contributed by atoms with Gasteiger partial charge in [0.25, 0.3) is 0 Å². The third-order valence-corrected chi connectivity index (χ3v) is 8.03. The summed E-state index contributed by atoms with van der Waals surface area (Å²) in [5.41, 5.74) is 1.35. The summed E-state index contributed by atoms with van der Waals surface area (Å²) < 4.78 is 34.9. The maximum atomic E-state index is 14.3. The molecule has 1 saturated carbocycles. The molecule has 2 unspecified atom stereocenters. The summed E-state index contributed by atoms with van der Waals surface area (Å²) in [6.07, 6.45) is 5.98. The largest absolute Gasteiger partial charge is 0.447 e. The highest BCUT2D eigenvalue weighted by Gasteiger charge is 2.47. The quantitative estimate of drug-likeness (QED) is 0.411. The van der Waals surface area contributed by atoms with Gasteiger partial charge in [-0.05, 0) is 69.0 Å². The monoisotopic (exact) mass is 521 g/mol. The van der Waals surface area contributed by atoms with Crippen LogP contribution in [0.1, 0.15) is 50.5 Å². The van der Waals surface area contributed by atoms with Crippen molar-refractivity contribution in [3.05, 3.63) is 29.6 Å². The van der Waals surface area contributed by atoms with Crippen molar-refractivity contribution in [2.45, 2.75) is 62.4 Å². The lowest BCUT2D eigenvalue weighted by atomic mass is 9.74. The van der Waals surface area contributed by atoms with Crippen molar-refractivity contribution in [3.8, 4) is 0 Å². The Morgan fingerprint density at radius 2 is 1.73 bits per heavy atom. The molecule has 37 heavy (non-hydrogen) atoms. The molecule has 1 aromatic rings. The summed E-state index contributed by atoms with van der Waals surface area (Å²) in [6.45, 7) is 3.35. The lowest BCUT2D eigenvalue weighted by molar-refractivity contribution is 0.0885. The van der Waals surface area contributed by atoms with Gasteiger partial charge >= 0.3 is 12.2 Å². The third-order valence-electron chi connectivity index (χ3n) is 8.03. The van der Waals surface area contributed by atoms with Crippen molar-refractivity contribution in [2.24, 2.45) is 0 Å². The number of amides is 2. The molecule has 4 rings (SSSR count). The number of hydrogen-bond donors (Lipinski definition) is 1. The number of alkyl carbamates (subject to hydrolysis) is 1. The lowest BCUT2D eigenvalue weighted by Crippen LogP contribution is -2.50. The van der Waals surface area contributed by atoms with Crippen molar-refractivity contribution in [1.82, 2.24) is 10.2 Å². The van der Waals surface area contributed by atoms with Crippen LogP contribution >= 0.6 is 0 Å². The first-order valence-corrected chi connectivity index (χ1v) is 13.4. The molecule has 0 aromatic heterocycles. The van der Waals surface area contributed by atoms with E-state index in [-0.39, 0.29) is 36.6 Å². The van der Waals surface area contributed by atoms with Gasteiger partial charge in [0.1, 0.15) is 19.0 Å². The molecule has 1 spiro atoms. The fourth-order valence-corrected chi connectivity index (χ4v) is 6.06. The number of anilines is 1. The Labute approximate surface area is 218 Å². The second-order valence-corrected chi connectivity index (χ2v) is 10.3. The molecule has 0 bridgehead atoms. The molecule has 10 heteroatoms. The Kier molecular flexibility index (Phi) is 9.61. The number of benzene rings is 1. The molecule has 3 aliphatic rings. The molecule has 1 saturated heterocycles. The van der Waals surface area contributed by atoms with Crippen LogP contribution in [0.5, 0.6) is 0 Å². The molecular weight excluding hydrogens is 481 g/mol. The number of hydrogen-bond acceptors (Lipinski definition) is 7. The van der Waals surface area contributed by atoms with Gasteiger partial charge in [0.05, 0.1) is 18.9 Å². The highest BCUT2D eigenvalue weighted by molar-refractivity contribution is 5.91. The molecular formula is C27H40FN3O6. The van der Waals surface area contributed by atoms with Crippen molar-refractivity contribution in [2.75, 3.05) is 65.2 Å². The lowest BCUT2D eigenvalue weighted by Gasteiger charge is -2.43. The van der Waals surface area contributed by atoms with E-state index in [0.29, 0.717) is 25.8 Å². The molecule has 2 atom stereocenters. The standard InChI is InChI=1S/C27H40FN3O6/c1-34-13-15-36-25(32)29-21-5-3-4-6-22(18-21)30-11-9-27(10-12-30)19-31(26(33)37-16-14-35-2)24-8-7-20(28)17-23(24)27/h7-8,17,21-22H,3-6,9-16,18-19H2,1-2H3,(H,29,32). The Balaban J connectivity index is 1.39. The van der Waals surface area contributed by atoms with E-state index >= 15 is 0 Å². The van der Waals surface area contributed by atoms with Crippen LogP contribution in [0, 0.1) is 5.82 Å². The number of methoxy groups -OCH3 is 2. The molecule has 206 valence electrons. The fourth-order valence-electron chi connectivity index (χ4n) is 6.06. The second-order valence-electron chi connectivity index (χ2n) is 10.3. The highest BCUT2D eigenvalue weighted by Crippen LogP contribution is 2.48. The predicted molar refractivity (Wildman–Crippen MR) is 136 cm³/mol. The van der Waals surface area contributed by atoms with Crippen molar-refractivity contribution >= 4 is 17.9 Å². The van der Waals surface area contributed by atoms with Gasteiger partial charge in [0.15, 0.2) is 0 Å². The van der Waals surface area contributed by atoms with E-state index in [1.54, 1.807) is 31.3 Å².